The third-order valence-electron chi connectivity index (χ3n) is 3.01. The maximum absolute atomic E-state index is 12.0. The Morgan fingerprint density at radius 2 is 1.95 bits per heavy atom. The van der Waals surface area contributed by atoms with E-state index in [2.05, 4.69) is 32.7 Å². The molecule has 0 radical (unpaired) electrons. The Morgan fingerprint density at radius 3 is 2.40 bits per heavy atom. The predicted octanol–water partition coefficient (Wildman–Crippen LogP) is 3.00. The zero-order valence-corrected chi connectivity index (χ0v) is 12.5. The molecule has 0 bridgehead atoms. The van der Waals surface area contributed by atoms with E-state index in [1.165, 1.54) is 10.5 Å². The molecule has 0 fully saturated rings. The average molecular weight is 276 g/mol. The van der Waals surface area contributed by atoms with Crippen molar-refractivity contribution in [2.45, 2.75) is 26.2 Å². The summed E-state index contributed by atoms with van der Waals surface area (Å²) in [5.74, 6) is 0. The van der Waals surface area contributed by atoms with Gasteiger partial charge in [0, 0.05) is 18.8 Å². The van der Waals surface area contributed by atoms with Gasteiger partial charge in [0.15, 0.2) is 0 Å². The van der Waals surface area contributed by atoms with Crippen LogP contribution in [0.2, 0.25) is 0 Å². The van der Waals surface area contributed by atoms with E-state index < -0.39 is 0 Å². The van der Waals surface area contributed by atoms with E-state index in [0.717, 1.165) is 5.69 Å². The fraction of sp³-hybridized carbons (Fsp3) is 0.438. The standard InChI is InChI=1S/C16H24N2O2/c1-5-10-18(11-12-19)15(20)17-14-8-6-13(7-9-14)16(2,3)4/h5-9,19H,1,10-12H2,2-4H3,(H,17,20). The van der Waals surface area contributed by atoms with E-state index in [1.807, 2.05) is 24.3 Å². The highest BCUT2D eigenvalue weighted by atomic mass is 16.3. The molecule has 0 saturated heterocycles. The second-order valence-electron chi connectivity index (χ2n) is 5.72. The summed E-state index contributed by atoms with van der Waals surface area (Å²) in [5, 5.41) is 11.8. The number of urea groups is 1. The Kier molecular flexibility index (Phi) is 5.77. The summed E-state index contributed by atoms with van der Waals surface area (Å²) >= 11 is 0. The van der Waals surface area contributed by atoms with Crippen molar-refractivity contribution in [2.24, 2.45) is 0 Å². The molecule has 1 aromatic carbocycles. The van der Waals surface area contributed by atoms with Crippen molar-refractivity contribution in [3.05, 3.63) is 42.5 Å². The fourth-order valence-corrected chi connectivity index (χ4v) is 1.81. The topological polar surface area (TPSA) is 52.6 Å². The minimum absolute atomic E-state index is 0.0653. The molecule has 1 rings (SSSR count). The van der Waals surface area contributed by atoms with Crippen molar-refractivity contribution in [2.75, 3.05) is 25.0 Å². The molecular weight excluding hydrogens is 252 g/mol. The molecule has 0 heterocycles. The monoisotopic (exact) mass is 276 g/mol. The van der Waals surface area contributed by atoms with Crippen LogP contribution in [0.15, 0.2) is 36.9 Å². The smallest absolute Gasteiger partial charge is 0.322 e. The maximum Gasteiger partial charge on any atom is 0.322 e. The van der Waals surface area contributed by atoms with Crippen LogP contribution in [0.25, 0.3) is 0 Å². The first-order valence-electron chi connectivity index (χ1n) is 6.76. The number of rotatable bonds is 5. The molecule has 0 atom stereocenters. The maximum atomic E-state index is 12.0. The molecule has 110 valence electrons. The number of nitrogens with zero attached hydrogens (tertiary/aromatic N) is 1. The number of benzene rings is 1. The number of carbonyl (C=O) groups is 1. The Bertz CT molecular complexity index is 447. The number of amides is 2. The van der Waals surface area contributed by atoms with Gasteiger partial charge in [-0.05, 0) is 23.1 Å². The van der Waals surface area contributed by atoms with Crippen molar-refractivity contribution in [1.29, 1.82) is 0 Å². The summed E-state index contributed by atoms with van der Waals surface area (Å²) in [5.41, 5.74) is 2.05. The van der Waals surface area contributed by atoms with E-state index in [0.29, 0.717) is 6.54 Å². The summed E-state index contributed by atoms with van der Waals surface area (Å²) in [7, 11) is 0. The van der Waals surface area contributed by atoms with Gasteiger partial charge in [0.05, 0.1) is 6.61 Å². The number of aliphatic hydroxyl groups excluding tert-OH is 1. The second-order valence-corrected chi connectivity index (χ2v) is 5.72. The largest absolute Gasteiger partial charge is 0.395 e. The molecule has 4 nitrogen and oxygen atoms in total. The lowest BCUT2D eigenvalue weighted by molar-refractivity contribution is 0.195. The first-order valence-corrected chi connectivity index (χ1v) is 6.76. The van der Waals surface area contributed by atoms with Crippen molar-refractivity contribution < 1.29 is 9.90 Å². The normalized spacial score (nSPS) is 11.0. The molecular formula is C16H24N2O2. The van der Waals surface area contributed by atoms with Crippen molar-refractivity contribution >= 4 is 11.7 Å². The third kappa shape index (κ3) is 4.70. The Labute approximate surface area is 121 Å². The van der Waals surface area contributed by atoms with E-state index in [-0.39, 0.29) is 24.6 Å². The highest BCUT2D eigenvalue weighted by molar-refractivity contribution is 5.89. The fourth-order valence-electron chi connectivity index (χ4n) is 1.81. The Hall–Kier alpha value is -1.81. The third-order valence-corrected chi connectivity index (χ3v) is 3.01. The van der Waals surface area contributed by atoms with Gasteiger partial charge in [0.2, 0.25) is 0 Å². The summed E-state index contributed by atoms with van der Waals surface area (Å²) in [4.78, 5) is 13.5. The molecule has 0 aromatic heterocycles. The predicted molar refractivity (Wildman–Crippen MR) is 83.0 cm³/mol. The molecule has 0 aliphatic heterocycles. The van der Waals surface area contributed by atoms with Crippen LogP contribution in [0, 0.1) is 0 Å². The van der Waals surface area contributed by atoms with Gasteiger partial charge in [-0.25, -0.2) is 4.79 Å². The quantitative estimate of drug-likeness (QED) is 0.812. The SMILES string of the molecule is C=CCN(CCO)C(=O)Nc1ccc(C(C)(C)C)cc1. The van der Waals surface area contributed by atoms with Gasteiger partial charge in [-0.15, -0.1) is 6.58 Å². The van der Waals surface area contributed by atoms with Crippen molar-refractivity contribution in [1.82, 2.24) is 4.90 Å². The number of hydrogen-bond donors (Lipinski definition) is 2. The molecule has 2 N–H and O–H groups in total. The minimum atomic E-state index is -0.234. The van der Waals surface area contributed by atoms with Crippen LogP contribution < -0.4 is 5.32 Å². The van der Waals surface area contributed by atoms with Crippen molar-refractivity contribution in [3.8, 4) is 0 Å². The molecule has 1 aromatic rings. The van der Waals surface area contributed by atoms with Crippen LogP contribution in [-0.2, 0) is 5.41 Å². The van der Waals surface area contributed by atoms with Crippen LogP contribution in [-0.4, -0.2) is 35.7 Å². The molecule has 0 aliphatic rings. The zero-order chi connectivity index (χ0) is 15.2. The lowest BCUT2D eigenvalue weighted by Gasteiger charge is -2.22. The van der Waals surface area contributed by atoms with E-state index >= 15 is 0 Å². The van der Waals surface area contributed by atoms with Gasteiger partial charge in [0.1, 0.15) is 0 Å². The van der Waals surface area contributed by atoms with Crippen LogP contribution in [0.5, 0.6) is 0 Å². The number of carbonyl (C=O) groups excluding carboxylic acids is 1. The molecule has 0 aliphatic carbocycles. The van der Waals surface area contributed by atoms with Crippen LogP contribution in [0.3, 0.4) is 0 Å². The Morgan fingerprint density at radius 1 is 1.35 bits per heavy atom. The van der Waals surface area contributed by atoms with Gasteiger partial charge in [0.25, 0.3) is 0 Å². The Balaban J connectivity index is 2.72. The van der Waals surface area contributed by atoms with Gasteiger partial charge in [-0.1, -0.05) is 39.0 Å². The number of hydrogen-bond acceptors (Lipinski definition) is 2. The molecule has 0 saturated carbocycles. The molecule has 0 spiro atoms. The van der Waals surface area contributed by atoms with Crippen LogP contribution >= 0.6 is 0 Å². The number of nitrogens with one attached hydrogen (secondary N) is 1. The summed E-state index contributed by atoms with van der Waals surface area (Å²) in [6.45, 7) is 10.7. The summed E-state index contributed by atoms with van der Waals surface area (Å²) in [6.07, 6.45) is 1.64. The lowest BCUT2D eigenvalue weighted by atomic mass is 9.87. The van der Waals surface area contributed by atoms with E-state index in [1.54, 1.807) is 6.08 Å². The highest BCUT2D eigenvalue weighted by Crippen LogP contribution is 2.23. The van der Waals surface area contributed by atoms with Gasteiger partial charge in [-0.3, -0.25) is 0 Å². The van der Waals surface area contributed by atoms with Gasteiger partial charge < -0.3 is 15.3 Å². The first-order chi connectivity index (χ1) is 9.38. The summed E-state index contributed by atoms with van der Waals surface area (Å²) < 4.78 is 0. The highest BCUT2D eigenvalue weighted by Gasteiger charge is 2.14. The van der Waals surface area contributed by atoms with Crippen LogP contribution in [0.4, 0.5) is 10.5 Å². The lowest BCUT2D eigenvalue weighted by Crippen LogP contribution is -2.37. The van der Waals surface area contributed by atoms with Crippen molar-refractivity contribution in [3.63, 3.8) is 0 Å². The van der Waals surface area contributed by atoms with Gasteiger partial charge >= 0.3 is 6.03 Å². The molecule has 20 heavy (non-hydrogen) atoms. The number of aliphatic hydroxyl groups is 1. The second kappa shape index (κ2) is 7.10. The number of anilines is 1. The molecule has 2 amide bonds. The minimum Gasteiger partial charge on any atom is -0.395 e. The molecule has 4 heteroatoms. The van der Waals surface area contributed by atoms with E-state index in [4.69, 9.17) is 5.11 Å². The summed E-state index contributed by atoms with van der Waals surface area (Å²) in [6, 6.07) is 7.58. The van der Waals surface area contributed by atoms with Gasteiger partial charge in [-0.2, -0.15) is 0 Å². The zero-order valence-electron chi connectivity index (χ0n) is 12.5. The molecule has 0 unspecified atom stereocenters. The van der Waals surface area contributed by atoms with E-state index in [9.17, 15) is 4.79 Å². The first kappa shape index (κ1) is 16.2. The van der Waals surface area contributed by atoms with Crippen LogP contribution in [0.1, 0.15) is 26.3 Å². The average Bonchev–Trinajstić information content (AvgIpc) is 2.38.